The molecule has 1 N–H and O–H groups in total. The molecule has 0 bridgehead atoms. The van der Waals surface area contributed by atoms with Crippen LogP contribution in [0.3, 0.4) is 0 Å². The highest BCUT2D eigenvalue weighted by Crippen LogP contribution is 1.87. The second-order valence-electron chi connectivity index (χ2n) is 1.74. The van der Waals surface area contributed by atoms with Gasteiger partial charge in [0.1, 0.15) is 0 Å². The third-order valence-electron chi connectivity index (χ3n) is 0.542. The fourth-order valence-electron chi connectivity index (χ4n) is 0. The second-order valence-corrected chi connectivity index (χ2v) is 2.80. The van der Waals surface area contributed by atoms with Crippen LogP contribution >= 0.6 is 31.9 Å². The van der Waals surface area contributed by atoms with Gasteiger partial charge in [-0.3, -0.25) is 4.79 Å². The molecule has 0 saturated heterocycles. The minimum absolute atomic E-state index is 0.231. The molecule has 0 aromatic rings. The minimum Gasteiger partial charge on any atom is -0.481 e. The molecule has 0 heterocycles. The van der Waals surface area contributed by atoms with E-state index in [0.29, 0.717) is 0 Å². The van der Waals surface area contributed by atoms with Crippen molar-refractivity contribution in [1.82, 2.24) is 0 Å². The van der Waals surface area contributed by atoms with E-state index in [1.807, 2.05) is 0 Å². The van der Waals surface area contributed by atoms with Gasteiger partial charge in [-0.15, -0.1) is 0 Å². The molecule has 0 rings (SSSR count). The minimum atomic E-state index is -0.741. The first kappa shape index (κ1) is 12.8. The van der Waals surface area contributed by atoms with Gasteiger partial charge in [-0.1, -0.05) is 45.7 Å². The smallest absolute Gasteiger partial charge is 0.305 e. The van der Waals surface area contributed by atoms with E-state index in [9.17, 15) is 4.79 Å². The molecule has 0 aliphatic rings. The molecule has 0 fully saturated rings. The van der Waals surface area contributed by atoms with Gasteiger partial charge in [-0.05, 0) is 9.97 Å². The van der Waals surface area contributed by atoms with Gasteiger partial charge in [0.05, 0.1) is 5.92 Å². The number of aliphatic carboxylic acids is 1. The normalized spacial score (nSPS) is 9.30. The molecule has 60 valence electrons. The number of hydrogen-bond acceptors (Lipinski definition) is 1. The highest BCUT2D eigenvalue weighted by molar-refractivity contribution is 9.13. The van der Waals surface area contributed by atoms with Crippen molar-refractivity contribution in [3.8, 4) is 0 Å². The van der Waals surface area contributed by atoms with Crippen molar-refractivity contribution in [2.24, 2.45) is 5.92 Å². The summed E-state index contributed by atoms with van der Waals surface area (Å²) in [5, 5.41) is 7.99. The zero-order valence-corrected chi connectivity index (χ0v) is 9.02. The lowest BCUT2D eigenvalue weighted by Crippen LogP contribution is -2.03. The van der Waals surface area contributed by atoms with E-state index in [-0.39, 0.29) is 5.92 Å². The molecule has 0 radical (unpaired) electrons. The van der Waals surface area contributed by atoms with Crippen LogP contribution in [0.25, 0.3) is 0 Å². The van der Waals surface area contributed by atoms with Crippen molar-refractivity contribution in [2.45, 2.75) is 13.8 Å². The quantitative estimate of drug-likeness (QED) is 0.798. The SMILES string of the molecule is BrC=CBr.CC(C)C(=O)O. The van der Waals surface area contributed by atoms with Crippen LogP contribution in [0.15, 0.2) is 9.97 Å². The Hall–Kier alpha value is 0.170. The molecule has 0 saturated carbocycles. The topological polar surface area (TPSA) is 37.3 Å². The predicted molar refractivity (Wildman–Crippen MR) is 49.5 cm³/mol. The van der Waals surface area contributed by atoms with Gasteiger partial charge in [-0.2, -0.15) is 0 Å². The van der Waals surface area contributed by atoms with Crippen LogP contribution in [0.5, 0.6) is 0 Å². The Morgan fingerprint density at radius 3 is 1.60 bits per heavy atom. The van der Waals surface area contributed by atoms with E-state index in [1.165, 1.54) is 0 Å². The lowest BCUT2D eigenvalue weighted by Gasteiger charge is -1.89. The van der Waals surface area contributed by atoms with Crippen molar-refractivity contribution in [2.75, 3.05) is 0 Å². The van der Waals surface area contributed by atoms with Gasteiger partial charge >= 0.3 is 5.97 Å². The van der Waals surface area contributed by atoms with Crippen LogP contribution in [0, 0.1) is 5.92 Å². The van der Waals surface area contributed by atoms with Crippen molar-refractivity contribution in [3.63, 3.8) is 0 Å². The molecule has 0 aliphatic carbocycles. The zero-order chi connectivity index (χ0) is 8.57. The van der Waals surface area contributed by atoms with Gasteiger partial charge in [0.15, 0.2) is 0 Å². The summed E-state index contributed by atoms with van der Waals surface area (Å²) in [6, 6.07) is 0. The maximum Gasteiger partial charge on any atom is 0.305 e. The number of carboxylic acid groups (broad SMARTS) is 1. The summed E-state index contributed by atoms with van der Waals surface area (Å²) in [7, 11) is 0. The molecule has 4 heteroatoms. The zero-order valence-electron chi connectivity index (χ0n) is 5.84. The first-order chi connectivity index (χ1) is 4.56. The maximum atomic E-state index is 9.70. The Morgan fingerprint density at radius 1 is 1.40 bits per heavy atom. The van der Waals surface area contributed by atoms with E-state index in [1.54, 1.807) is 23.8 Å². The fourth-order valence-corrected chi connectivity index (χ4v) is 0. The highest BCUT2D eigenvalue weighted by Gasteiger charge is 1.99. The maximum absolute atomic E-state index is 9.70. The number of carbonyl (C=O) groups is 1. The van der Waals surface area contributed by atoms with Crippen molar-refractivity contribution < 1.29 is 9.90 Å². The lowest BCUT2D eigenvalue weighted by atomic mass is 10.2. The van der Waals surface area contributed by atoms with Gasteiger partial charge in [0.2, 0.25) is 0 Å². The summed E-state index contributed by atoms with van der Waals surface area (Å²) in [5.74, 6) is -0.972. The summed E-state index contributed by atoms with van der Waals surface area (Å²) in [6.07, 6.45) is 0. The van der Waals surface area contributed by atoms with Gasteiger partial charge in [0, 0.05) is 0 Å². The molecule has 10 heavy (non-hydrogen) atoms. The van der Waals surface area contributed by atoms with Gasteiger partial charge in [-0.25, -0.2) is 0 Å². The molecular formula is C6H10Br2O2. The van der Waals surface area contributed by atoms with Crippen LogP contribution in [0.2, 0.25) is 0 Å². The Bertz CT molecular complexity index is 106. The van der Waals surface area contributed by atoms with Crippen molar-refractivity contribution in [3.05, 3.63) is 9.97 Å². The van der Waals surface area contributed by atoms with Crippen LogP contribution in [-0.4, -0.2) is 11.1 Å². The van der Waals surface area contributed by atoms with Crippen LogP contribution in [0.1, 0.15) is 13.8 Å². The number of carboxylic acids is 1. The van der Waals surface area contributed by atoms with Crippen LogP contribution in [-0.2, 0) is 4.79 Å². The monoisotopic (exact) mass is 272 g/mol. The van der Waals surface area contributed by atoms with Crippen molar-refractivity contribution in [1.29, 1.82) is 0 Å². The molecule has 0 aromatic heterocycles. The lowest BCUT2D eigenvalue weighted by molar-refractivity contribution is -0.140. The third kappa shape index (κ3) is 15.7. The summed E-state index contributed by atoms with van der Waals surface area (Å²) in [5.41, 5.74) is 0. The molecule has 0 amide bonds. The van der Waals surface area contributed by atoms with E-state index >= 15 is 0 Å². The third-order valence-corrected chi connectivity index (χ3v) is 1.78. The Labute approximate surface area is 77.6 Å². The molecule has 0 aliphatic heterocycles. The summed E-state index contributed by atoms with van der Waals surface area (Å²) in [6.45, 7) is 3.28. The van der Waals surface area contributed by atoms with Crippen molar-refractivity contribution >= 4 is 37.8 Å². The summed E-state index contributed by atoms with van der Waals surface area (Å²) < 4.78 is 0. The first-order valence-corrected chi connectivity index (χ1v) is 4.47. The van der Waals surface area contributed by atoms with Gasteiger partial charge in [0.25, 0.3) is 0 Å². The fraction of sp³-hybridized carbons (Fsp3) is 0.500. The second kappa shape index (κ2) is 9.17. The predicted octanol–water partition coefficient (Wildman–Crippen LogP) is 2.97. The van der Waals surface area contributed by atoms with Crippen LogP contribution < -0.4 is 0 Å². The van der Waals surface area contributed by atoms with Crippen LogP contribution in [0.4, 0.5) is 0 Å². The number of halogens is 2. The molecule has 2 nitrogen and oxygen atoms in total. The summed E-state index contributed by atoms with van der Waals surface area (Å²) in [4.78, 5) is 13.2. The first-order valence-electron chi connectivity index (χ1n) is 2.64. The van der Waals surface area contributed by atoms with E-state index < -0.39 is 5.97 Å². The standard InChI is InChI=1S/C4H8O2.C2H2Br2/c1-3(2)4(5)6;3-1-2-4/h3H,1-2H3,(H,5,6);1-2H. The Kier molecular flexibility index (Phi) is 11.7. The Balaban J connectivity index is 0. The molecular weight excluding hydrogens is 264 g/mol. The summed E-state index contributed by atoms with van der Waals surface area (Å²) >= 11 is 6.04. The van der Waals surface area contributed by atoms with E-state index in [0.717, 1.165) is 0 Å². The Morgan fingerprint density at radius 2 is 1.60 bits per heavy atom. The van der Waals surface area contributed by atoms with E-state index in [2.05, 4.69) is 31.9 Å². The van der Waals surface area contributed by atoms with Gasteiger partial charge < -0.3 is 5.11 Å². The average Bonchev–Trinajstić information content (AvgIpc) is 1.89. The molecule has 0 aromatic carbocycles. The molecule has 0 unspecified atom stereocenters. The average molecular weight is 274 g/mol. The highest BCUT2D eigenvalue weighted by atomic mass is 79.9. The van der Waals surface area contributed by atoms with E-state index in [4.69, 9.17) is 5.11 Å². The number of rotatable bonds is 1. The largest absolute Gasteiger partial charge is 0.481 e. The molecule has 0 spiro atoms. The number of hydrogen-bond donors (Lipinski definition) is 1. The molecule has 0 atom stereocenters.